The van der Waals surface area contributed by atoms with E-state index in [1.54, 1.807) is 19.6 Å². The molecular formula is C18H29GdN4O8. The molecule has 0 spiro atoms. The van der Waals surface area contributed by atoms with E-state index in [0.29, 0.717) is 0 Å². The van der Waals surface area contributed by atoms with E-state index in [2.05, 4.69) is 0 Å². The van der Waals surface area contributed by atoms with Gasteiger partial charge >= 0.3 is 45.9 Å². The summed E-state index contributed by atoms with van der Waals surface area (Å²) < 4.78 is 0. The topological polar surface area (TPSA) is 171 Å². The Morgan fingerprint density at radius 3 is 1.35 bits per heavy atom. The number of carboxylic acid groups (broad SMARTS) is 4. The third-order valence-corrected chi connectivity index (χ3v) is 5.31. The quantitative estimate of drug-likeness (QED) is 0.286. The molecule has 1 fully saturated rings. The van der Waals surface area contributed by atoms with Crippen LogP contribution in [0.4, 0.5) is 0 Å². The maximum atomic E-state index is 11.5. The minimum absolute atomic E-state index is 0. The molecule has 13 heteroatoms. The standard InChI is InChI=1S/C18H32N4O8.Gd/c1-13(17(27)28)21-7-5-19(11-15(23)24)3-4-20(12-16(25)26)6-8-22(10-9-21)14(2)18(29)30;/h13-14H,3-12H2,1-2H3,(H,23,24)(H,25,26)(H,27,28)(H,29,30);/q;+3/p-3. The molecule has 0 saturated carbocycles. The average molecular weight is 587 g/mol. The van der Waals surface area contributed by atoms with E-state index in [-0.39, 0.29) is 105 Å². The van der Waals surface area contributed by atoms with Crippen LogP contribution in [0.2, 0.25) is 0 Å². The molecule has 0 amide bonds. The number of hydrogen-bond acceptors (Lipinski definition) is 11. The molecule has 1 heterocycles. The van der Waals surface area contributed by atoms with Gasteiger partial charge in [-0.15, -0.1) is 0 Å². The van der Waals surface area contributed by atoms with Crippen molar-refractivity contribution < 1.29 is 79.5 Å². The monoisotopic (exact) mass is 587 g/mol. The van der Waals surface area contributed by atoms with Gasteiger partial charge in [-0.1, -0.05) is 0 Å². The molecule has 1 radical (unpaired) electrons. The van der Waals surface area contributed by atoms with Crippen molar-refractivity contribution in [2.75, 3.05) is 65.4 Å². The molecule has 31 heavy (non-hydrogen) atoms. The first-order valence-corrected chi connectivity index (χ1v) is 9.77. The molecule has 2 atom stereocenters. The zero-order valence-corrected chi connectivity index (χ0v) is 19.9. The van der Waals surface area contributed by atoms with Crippen molar-refractivity contribution in [2.24, 2.45) is 0 Å². The molecule has 1 saturated heterocycles. The zero-order chi connectivity index (χ0) is 22.8. The number of rotatable bonds is 8. The third kappa shape index (κ3) is 11.5. The first-order chi connectivity index (χ1) is 14.0. The second-order valence-electron chi connectivity index (χ2n) is 7.38. The summed E-state index contributed by atoms with van der Waals surface area (Å²) in [6.07, 6.45) is 0. The summed E-state index contributed by atoms with van der Waals surface area (Å²) in [7, 11) is 0. The van der Waals surface area contributed by atoms with Crippen LogP contribution >= 0.6 is 0 Å². The van der Waals surface area contributed by atoms with Crippen LogP contribution in [0, 0.1) is 39.9 Å². The number of carbonyl (C=O) groups excluding carboxylic acids is 3. The second-order valence-corrected chi connectivity index (χ2v) is 7.38. The van der Waals surface area contributed by atoms with E-state index in [4.69, 9.17) is 0 Å². The van der Waals surface area contributed by atoms with E-state index >= 15 is 0 Å². The number of aliphatic carboxylic acids is 4. The summed E-state index contributed by atoms with van der Waals surface area (Å²) in [6, 6.07) is -1.80. The smallest absolute Gasteiger partial charge is 0.549 e. The maximum Gasteiger partial charge on any atom is 3.00 e. The van der Waals surface area contributed by atoms with Crippen molar-refractivity contribution in [2.45, 2.75) is 25.9 Å². The number of hydrogen-bond donors (Lipinski definition) is 1. The average Bonchev–Trinajstić information content (AvgIpc) is 2.64. The van der Waals surface area contributed by atoms with E-state index in [0.717, 1.165) is 0 Å². The molecule has 1 rings (SSSR count). The van der Waals surface area contributed by atoms with E-state index in [1.165, 1.54) is 13.8 Å². The molecule has 2 unspecified atom stereocenters. The predicted octanol–water partition coefficient (Wildman–Crippen LogP) is -5.68. The molecular weight excluding hydrogens is 557 g/mol. The van der Waals surface area contributed by atoms with Gasteiger partial charge in [-0.3, -0.25) is 24.4 Å². The van der Waals surface area contributed by atoms with Crippen LogP contribution in [0.25, 0.3) is 0 Å². The molecule has 12 nitrogen and oxygen atoms in total. The van der Waals surface area contributed by atoms with Gasteiger partial charge in [0.1, 0.15) is 6.04 Å². The first kappa shape index (κ1) is 30.0. The van der Waals surface area contributed by atoms with Crippen LogP contribution in [0.1, 0.15) is 13.8 Å². The van der Waals surface area contributed by atoms with Crippen LogP contribution in [-0.4, -0.2) is 126 Å². The van der Waals surface area contributed by atoms with Gasteiger partial charge in [-0.25, -0.2) is 0 Å². The minimum atomic E-state index is -1.30. The Kier molecular flexibility index (Phi) is 14.5. The molecule has 1 aliphatic rings. The van der Waals surface area contributed by atoms with E-state index < -0.39 is 36.0 Å². The molecule has 1 N–H and O–H groups in total. The molecule has 0 aromatic rings. The molecule has 0 bridgehead atoms. The fraction of sp³-hybridized carbons (Fsp3) is 0.778. The van der Waals surface area contributed by atoms with Gasteiger partial charge in [0.15, 0.2) is 0 Å². The van der Waals surface area contributed by atoms with Gasteiger partial charge in [0.05, 0.1) is 17.9 Å². The minimum Gasteiger partial charge on any atom is -0.549 e. The fourth-order valence-corrected chi connectivity index (χ4v) is 3.29. The Labute approximate surface area is 213 Å². The summed E-state index contributed by atoms with van der Waals surface area (Å²) in [6.45, 7) is 3.94. The normalized spacial score (nSPS) is 20.5. The summed E-state index contributed by atoms with van der Waals surface area (Å²) in [5.41, 5.74) is 0. The van der Waals surface area contributed by atoms with Crippen molar-refractivity contribution in [3.05, 3.63) is 0 Å². The van der Waals surface area contributed by atoms with Crippen LogP contribution in [0.15, 0.2) is 0 Å². The predicted molar refractivity (Wildman–Crippen MR) is 97.6 cm³/mol. The van der Waals surface area contributed by atoms with E-state index in [1.807, 2.05) is 0 Å². The van der Waals surface area contributed by atoms with Crippen LogP contribution in [-0.2, 0) is 19.2 Å². The fourth-order valence-electron chi connectivity index (χ4n) is 3.29. The Bertz CT molecular complexity index is 571. The number of carboxylic acids is 4. The number of nitrogens with zero attached hydrogens (tertiary/aromatic N) is 4. The first-order valence-electron chi connectivity index (χ1n) is 9.77. The summed E-state index contributed by atoms with van der Waals surface area (Å²) >= 11 is 0. The Morgan fingerprint density at radius 2 is 1.03 bits per heavy atom. The van der Waals surface area contributed by atoms with Crippen LogP contribution in [0.3, 0.4) is 0 Å². The van der Waals surface area contributed by atoms with Crippen molar-refractivity contribution in [1.29, 1.82) is 0 Å². The van der Waals surface area contributed by atoms with Crippen LogP contribution < -0.4 is 15.3 Å². The molecule has 0 aromatic carbocycles. The summed E-state index contributed by atoms with van der Waals surface area (Å²) in [4.78, 5) is 51.3. The Balaban J connectivity index is 0.00000900. The maximum absolute atomic E-state index is 11.5. The SMILES string of the molecule is CC(C(=O)[O-])N1CCN(CC(=O)[O-])CCN(CC(=O)[O-])CCN(C(C)C(=O)O)CC1.[Gd+3]. The zero-order valence-electron chi connectivity index (χ0n) is 17.7. The Hall–Kier alpha value is -0.955. The van der Waals surface area contributed by atoms with Crippen molar-refractivity contribution >= 4 is 23.9 Å². The molecule has 0 aliphatic carbocycles. The van der Waals surface area contributed by atoms with Crippen molar-refractivity contribution in [3.8, 4) is 0 Å². The van der Waals surface area contributed by atoms with Gasteiger partial charge in [0.2, 0.25) is 0 Å². The molecule has 0 aromatic heterocycles. The van der Waals surface area contributed by atoms with Gasteiger partial charge in [0.25, 0.3) is 0 Å². The Morgan fingerprint density at radius 1 is 0.710 bits per heavy atom. The largest absolute Gasteiger partial charge is 3.00 e. The summed E-state index contributed by atoms with van der Waals surface area (Å²) in [5, 5.41) is 42.8. The third-order valence-electron chi connectivity index (χ3n) is 5.31. The van der Waals surface area contributed by atoms with Gasteiger partial charge in [-0.2, -0.15) is 0 Å². The number of carbonyl (C=O) groups is 4. The second kappa shape index (κ2) is 15.0. The summed E-state index contributed by atoms with van der Waals surface area (Å²) in [5.74, 6) is -4.92. The van der Waals surface area contributed by atoms with Gasteiger partial charge in [-0.05, 0) is 13.8 Å². The van der Waals surface area contributed by atoms with Gasteiger partial charge in [0, 0.05) is 71.5 Å². The van der Waals surface area contributed by atoms with E-state index in [9.17, 15) is 39.6 Å². The molecule has 1 aliphatic heterocycles. The van der Waals surface area contributed by atoms with Crippen molar-refractivity contribution in [3.63, 3.8) is 0 Å². The van der Waals surface area contributed by atoms with Crippen LogP contribution in [0.5, 0.6) is 0 Å². The van der Waals surface area contributed by atoms with Gasteiger partial charge < -0.3 is 34.8 Å². The van der Waals surface area contributed by atoms with Crippen molar-refractivity contribution in [1.82, 2.24) is 19.6 Å². The molecule has 177 valence electrons.